The van der Waals surface area contributed by atoms with Gasteiger partial charge in [-0.25, -0.2) is 0 Å². The highest BCUT2D eigenvalue weighted by Crippen LogP contribution is 2.37. The van der Waals surface area contributed by atoms with Crippen LogP contribution >= 0.6 is 0 Å². The second-order valence-corrected chi connectivity index (χ2v) is 5.66. The second kappa shape index (κ2) is 6.30. The van der Waals surface area contributed by atoms with Crippen LogP contribution in [-0.2, 0) is 11.2 Å². The number of hydrogen-bond acceptors (Lipinski definition) is 4. The number of carbonyl (C=O) groups excluding carboxylic acids is 1. The number of β-amino-alcohol motifs (C(OH)–C–C–N with tert-alkyl or cyclic N) is 1. The maximum Gasteiger partial charge on any atom is 0.268 e. The Bertz CT molecular complexity index is 711. The number of phenols is 1. The van der Waals surface area contributed by atoms with Gasteiger partial charge in [0.15, 0.2) is 6.10 Å². The van der Waals surface area contributed by atoms with E-state index in [-0.39, 0.29) is 24.8 Å². The molecule has 1 aliphatic heterocycles. The highest BCUT2D eigenvalue weighted by molar-refractivity contribution is 6.00. The maximum atomic E-state index is 12.7. The number of carbonyl (C=O) groups is 1. The fourth-order valence-corrected chi connectivity index (χ4v) is 2.71. The predicted octanol–water partition coefficient (Wildman–Crippen LogP) is 2.03. The zero-order valence-corrected chi connectivity index (χ0v) is 12.9. The highest BCUT2D eigenvalue weighted by atomic mass is 16.5. The minimum Gasteiger partial charge on any atom is -0.508 e. The number of hydrogen-bond donors (Lipinski definition) is 2. The number of aliphatic hydroxyl groups excluding tert-OH is 1. The molecule has 0 saturated carbocycles. The summed E-state index contributed by atoms with van der Waals surface area (Å²) in [5.41, 5.74) is 2.73. The molecule has 5 heteroatoms. The smallest absolute Gasteiger partial charge is 0.268 e. The van der Waals surface area contributed by atoms with Crippen LogP contribution in [0.4, 0.5) is 5.69 Å². The van der Waals surface area contributed by atoms with Crippen molar-refractivity contribution in [1.82, 2.24) is 0 Å². The lowest BCUT2D eigenvalue weighted by atomic mass is 10.0. The first kappa shape index (κ1) is 15.4. The van der Waals surface area contributed by atoms with Crippen LogP contribution in [-0.4, -0.2) is 35.4 Å². The molecular weight excluding hydrogens is 294 g/mol. The van der Waals surface area contributed by atoms with E-state index in [1.54, 1.807) is 6.07 Å². The quantitative estimate of drug-likeness (QED) is 0.906. The van der Waals surface area contributed by atoms with Gasteiger partial charge in [-0.05, 0) is 24.6 Å². The molecule has 0 spiro atoms. The fraction of sp³-hybridized carbons (Fsp3) is 0.278. The van der Waals surface area contributed by atoms with Crippen LogP contribution < -0.4 is 9.64 Å². The summed E-state index contributed by atoms with van der Waals surface area (Å²) in [6.45, 7) is 2.07. The molecule has 2 aromatic carbocycles. The van der Waals surface area contributed by atoms with Crippen LogP contribution in [0, 0.1) is 6.92 Å². The molecule has 1 unspecified atom stereocenters. The normalized spacial score (nSPS) is 16.9. The molecular formula is C18H19NO4. The van der Waals surface area contributed by atoms with Gasteiger partial charge in [-0.15, -0.1) is 0 Å². The van der Waals surface area contributed by atoms with Crippen molar-refractivity contribution >= 4 is 11.6 Å². The lowest BCUT2D eigenvalue weighted by molar-refractivity contribution is -0.126. The van der Waals surface area contributed by atoms with E-state index in [2.05, 4.69) is 0 Å². The van der Waals surface area contributed by atoms with Gasteiger partial charge in [0, 0.05) is 19.0 Å². The van der Waals surface area contributed by atoms with E-state index in [4.69, 9.17) is 4.74 Å². The molecule has 23 heavy (non-hydrogen) atoms. The molecule has 1 heterocycles. The van der Waals surface area contributed by atoms with E-state index in [9.17, 15) is 15.0 Å². The third-order valence-electron chi connectivity index (χ3n) is 3.91. The van der Waals surface area contributed by atoms with Crippen LogP contribution in [0.1, 0.15) is 11.1 Å². The number of benzene rings is 2. The molecule has 0 bridgehead atoms. The largest absolute Gasteiger partial charge is 0.508 e. The standard InChI is InChI=1S/C18H19NO4/c1-12-2-4-13(5-3-12)10-17-18(22)19(8-9-20)15-7-6-14(21)11-16(15)23-17/h2-7,11,17,20-21H,8-10H2,1H3. The Hall–Kier alpha value is -2.53. The molecule has 0 aromatic heterocycles. The van der Waals surface area contributed by atoms with Crippen molar-refractivity contribution < 1.29 is 19.7 Å². The molecule has 1 atom stereocenters. The summed E-state index contributed by atoms with van der Waals surface area (Å²) >= 11 is 0. The third kappa shape index (κ3) is 3.14. The Morgan fingerprint density at radius 3 is 2.61 bits per heavy atom. The van der Waals surface area contributed by atoms with E-state index in [0.717, 1.165) is 11.1 Å². The Balaban J connectivity index is 1.90. The van der Waals surface area contributed by atoms with Crippen LogP contribution in [0.5, 0.6) is 11.5 Å². The van der Waals surface area contributed by atoms with E-state index in [0.29, 0.717) is 17.9 Å². The highest BCUT2D eigenvalue weighted by Gasteiger charge is 2.34. The van der Waals surface area contributed by atoms with E-state index >= 15 is 0 Å². The van der Waals surface area contributed by atoms with Crippen LogP contribution in [0.3, 0.4) is 0 Å². The number of aromatic hydroxyl groups is 1. The number of rotatable bonds is 4. The zero-order chi connectivity index (χ0) is 16.4. The minimum atomic E-state index is -0.668. The molecule has 5 nitrogen and oxygen atoms in total. The Kier molecular flexibility index (Phi) is 4.21. The van der Waals surface area contributed by atoms with Gasteiger partial charge in [0.1, 0.15) is 11.5 Å². The summed E-state index contributed by atoms with van der Waals surface area (Å²) < 4.78 is 5.80. The molecule has 1 amide bonds. The molecule has 2 aromatic rings. The number of aliphatic hydroxyl groups is 1. The number of ether oxygens (including phenoxy) is 1. The molecule has 0 fully saturated rings. The Morgan fingerprint density at radius 1 is 1.17 bits per heavy atom. The summed E-state index contributed by atoms with van der Waals surface area (Å²) in [6, 6.07) is 12.6. The lowest BCUT2D eigenvalue weighted by Gasteiger charge is -2.34. The van der Waals surface area contributed by atoms with Gasteiger partial charge in [-0.2, -0.15) is 0 Å². The van der Waals surface area contributed by atoms with Crippen molar-refractivity contribution in [3.8, 4) is 11.5 Å². The summed E-state index contributed by atoms with van der Waals surface area (Å²) in [5, 5.41) is 18.9. The van der Waals surface area contributed by atoms with Gasteiger partial charge >= 0.3 is 0 Å². The zero-order valence-electron chi connectivity index (χ0n) is 12.9. The van der Waals surface area contributed by atoms with Gasteiger partial charge in [-0.3, -0.25) is 4.79 Å². The SMILES string of the molecule is Cc1ccc(CC2Oc3cc(O)ccc3N(CCO)C2=O)cc1. The van der Waals surface area contributed by atoms with Crippen LogP contribution in [0.25, 0.3) is 0 Å². The van der Waals surface area contributed by atoms with Gasteiger partial charge in [0.25, 0.3) is 5.91 Å². The molecule has 0 saturated heterocycles. The maximum absolute atomic E-state index is 12.7. The van der Waals surface area contributed by atoms with Crippen molar-refractivity contribution in [1.29, 1.82) is 0 Å². The van der Waals surface area contributed by atoms with E-state index in [1.165, 1.54) is 17.0 Å². The molecule has 3 rings (SSSR count). The number of aryl methyl sites for hydroxylation is 1. The summed E-state index contributed by atoms with van der Waals surface area (Å²) in [4.78, 5) is 14.2. The summed E-state index contributed by atoms with van der Waals surface area (Å²) in [7, 11) is 0. The Labute approximate surface area is 134 Å². The number of anilines is 1. The molecule has 0 aliphatic carbocycles. The fourth-order valence-electron chi connectivity index (χ4n) is 2.71. The van der Waals surface area contributed by atoms with Crippen molar-refractivity contribution in [3.05, 3.63) is 53.6 Å². The first-order valence-corrected chi connectivity index (χ1v) is 7.56. The van der Waals surface area contributed by atoms with Gasteiger partial charge < -0.3 is 19.8 Å². The van der Waals surface area contributed by atoms with Crippen molar-refractivity contribution in [2.45, 2.75) is 19.4 Å². The van der Waals surface area contributed by atoms with Gasteiger partial charge in [0.2, 0.25) is 0 Å². The number of amides is 1. The second-order valence-electron chi connectivity index (χ2n) is 5.66. The van der Waals surface area contributed by atoms with E-state index < -0.39 is 6.10 Å². The topological polar surface area (TPSA) is 70.0 Å². The van der Waals surface area contributed by atoms with Crippen LogP contribution in [0.2, 0.25) is 0 Å². The van der Waals surface area contributed by atoms with Crippen molar-refractivity contribution in [2.24, 2.45) is 0 Å². The molecule has 120 valence electrons. The monoisotopic (exact) mass is 313 g/mol. The number of nitrogens with zero attached hydrogens (tertiary/aromatic N) is 1. The first-order chi connectivity index (χ1) is 11.1. The van der Waals surface area contributed by atoms with E-state index in [1.807, 2.05) is 31.2 Å². The lowest BCUT2D eigenvalue weighted by Crippen LogP contribution is -2.48. The average Bonchev–Trinajstić information content (AvgIpc) is 2.53. The molecule has 0 radical (unpaired) electrons. The number of phenolic OH excluding ortho intramolecular Hbond substituents is 1. The number of fused-ring (bicyclic) bond motifs is 1. The minimum absolute atomic E-state index is 0.0798. The van der Waals surface area contributed by atoms with Crippen molar-refractivity contribution in [3.63, 3.8) is 0 Å². The summed E-state index contributed by atoms with van der Waals surface area (Å²) in [5.74, 6) is 0.351. The molecule has 1 aliphatic rings. The van der Waals surface area contributed by atoms with Gasteiger partial charge in [0.05, 0.1) is 12.3 Å². The van der Waals surface area contributed by atoms with Crippen LogP contribution in [0.15, 0.2) is 42.5 Å². The third-order valence-corrected chi connectivity index (χ3v) is 3.91. The predicted molar refractivity (Wildman–Crippen MR) is 86.8 cm³/mol. The Morgan fingerprint density at radius 2 is 1.91 bits per heavy atom. The van der Waals surface area contributed by atoms with Crippen molar-refractivity contribution in [2.75, 3.05) is 18.1 Å². The average molecular weight is 313 g/mol. The van der Waals surface area contributed by atoms with Gasteiger partial charge in [-0.1, -0.05) is 29.8 Å². The molecule has 2 N–H and O–H groups in total. The summed E-state index contributed by atoms with van der Waals surface area (Å²) in [6.07, 6.45) is -0.227. The first-order valence-electron chi connectivity index (χ1n) is 7.56.